The lowest BCUT2D eigenvalue weighted by atomic mass is 9.72. The van der Waals surface area contributed by atoms with E-state index in [4.69, 9.17) is 0 Å². The van der Waals surface area contributed by atoms with Crippen LogP contribution in [-0.2, 0) is 37.9 Å². The van der Waals surface area contributed by atoms with E-state index in [1.54, 1.807) is 0 Å². The average Bonchev–Trinajstić information content (AvgIpc) is 1.51. The minimum Gasteiger partial charge on any atom is -0.0622 e. The van der Waals surface area contributed by atoms with Crippen molar-refractivity contribution in [3.05, 3.63) is 454 Å². The van der Waals surface area contributed by atoms with Gasteiger partial charge in [0.1, 0.15) is 0 Å². The van der Waals surface area contributed by atoms with Gasteiger partial charge in [0.05, 0.1) is 0 Å². The van der Waals surface area contributed by atoms with Crippen LogP contribution < -0.4 is 0 Å². The molecular formula is C130H100. The van der Waals surface area contributed by atoms with Crippen LogP contribution in [-0.4, -0.2) is 0 Å². The zero-order chi connectivity index (χ0) is 87.9. The number of rotatable bonds is 9. The van der Waals surface area contributed by atoms with Gasteiger partial charge in [-0.3, -0.25) is 0 Å². The fourth-order valence-corrected chi connectivity index (χ4v) is 25.6. The lowest BCUT2D eigenvalue weighted by Gasteiger charge is -2.30. The van der Waals surface area contributed by atoms with E-state index >= 15 is 0 Å². The molecule has 19 aromatic rings. The van der Waals surface area contributed by atoms with E-state index in [0.717, 1.165) is 0 Å². The van der Waals surface area contributed by atoms with Crippen molar-refractivity contribution in [1.29, 1.82) is 0 Å². The molecule has 0 nitrogen and oxygen atoms in total. The monoisotopic (exact) mass is 1660 g/mol. The van der Waals surface area contributed by atoms with Gasteiger partial charge in [0, 0.05) is 37.9 Å². The fourth-order valence-electron chi connectivity index (χ4n) is 25.6. The van der Waals surface area contributed by atoms with Crippen LogP contribution in [0.5, 0.6) is 0 Å². The van der Waals surface area contributed by atoms with Gasteiger partial charge in [0.25, 0.3) is 0 Å². The maximum absolute atomic E-state index is 2.64. The molecule has 620 valence electrons. The predicted molar refractivity (Wildman–Crippen MR) is 548 cm³/mol. The van der Waals surface area contributed by atoms with Crippen LogP contribution in [0.25, 0.3) is 188 Å². The Labute approximate surface area is 764 Å². The maximum Gasteiger partial charge on any atom is 0.0435 e. The van der Waals surface area contributed by atoms with Gasteiger partial charge in [0.15, 0.2) is 0 Å². The molecule has 0 N–H and O–H groups in total. The summed E-state index contributed by atoms with van der Waals surface area (Å²) in [5.74, 6) is 0. The molecule has 0 saturated heterocycles. The average molecular weight is 1660 g/mol. The Morgan fingerprint density at radius 3 is 0.646 bits per heavy atom. The molecule has 0 atom stereocenters. The van der Waals surface area contributed by atoms with Gasteiger partial charge in [-0.1, -0.05) is 380 Å². The summed E-state index contributed by atoms with van der Waals surface area (Å²) >= 11 is 0. The third-order valence-corrected chi connectivity index (χ3v) is 33.0. The van der Waals surface area contributed by atoms with Gasteiger partial charge in [0.2, 0.25) is 0 Å². The molecule has 0 aromatic heterocycles. The molecule has 26 rings (SSSR count). The summed E-state index contributed by atoms with van der Waals surface area (Å²) in [6, 6.07) is 144. The topological polar surface area (TPSA) is 0 Å². The molecule has 0 bridgehead atoms. The van der Waals surface area contributed by atoms with E-state index in [-0.39, 0.29) is 32.5 Å². The zero-order valence-electron chi connectivity index (χ0n) is 76.2. The Kier molecular flexibility index (Phi) is 15.8. The zero-order valence-corrected chi connectivity index (χ0v) is 76.2. The number of fused-ring (bicyclic) bond motifs is 25. The largest absolute Gasteiger partial charge is 0.0622 e. The lowest BCUT2D eigenvalue weighted by Crippen LogP contribution is -2.23. The second kappa shape index (κ2) is 26.7. The van der Waals surface area contributed by atoms with Crippen LogP contribution in [0.4, 0.5) is 0 Å². The maximum atomic E-state index is 2.64. The summed E-state index contributed by atoms with van der Waals surface area (Å²) in [7, 11) is 0. The number of hydrogen-bond acceptors (Lipinski definition) is 0. The smallest absolute Gasteiger partial charge is 0.0435 e. The van der Waals surface area contributed by atoms with Gasteiger partial charge < -0.3 is 0 Å². The molecule has 0 saturated carbocycles. The summed E-state index contributed by atoms with van der Waals surface area (Å²) < 4.78 is 0. The van der Waals surface area contributed by atoms with Crippen molar-refractivity contribution < 1.29 is 0 Å². The third-order valence-electron chi connectivity index (χ3n) is 33.0. The molecule has 0 radical (unpaired) electrons. The van der Waals surface area contributed by atoms with E-state index in [1.807, 2.05) is 0 Å². The number of benzene rings is 19. The van der Waals surface area contributed by atoms with Crippen LogP contribution in [0.15, 0.2) is 370 Å². The Morgan fingerprint density at radius 1 is 0.123 bits per heavy atom. The van der Waals surface area contributed by atoms with Gasteiger partial charge >= 0.3 is 0 Å². The minimum atomic E-state index is -0.450. The second-order valence-corrected chi connectivity index (χ2v) is 41.9. The Bertz CT molecular complexity index is 7740. The minimum absolute atomic E-state index is 0.0442. The first-order valence-corrected chi connectivity index (χ1v) is 46.9. The predicted octanol–water partition coefficient (Wildman–Crippen LogP) is 34.5. The highest BCUT2D eigenvalue weighted by Gasteiger charge is 2.49. The first-order valence-electron chi connectivity index (χ1n) is 46.9. The lowest BCUT2D eigenvalue weighted by molar-refractivity contribution is 0.659. The first-order chi connectivity index (χ1) is 62.8. The van der Waals surface area contributed by atoms with Crippen molar-refractivity contribution in [3.63, 3.8) is 0 Å². The van der Waals surface area contributed by atoms with E-state index in [2.05, 4.69) is 460 Å². The normalized spacial score (nSPS) is 16.0. The molecule has 130 heavy (non-hydrogen) atoms. The first kappa shape index (κ1) is 76.9. The SMILES string of the molecule is CC1(C)c2ccccc2-c2ccc(-c3ccc4c(c3)C(C)(C)c3cc(-c5ccc(-c6ccc(-c7cc8c(c9ccccc79)-c7cc9c(cc7C8(C)C)-c7cc8c(cc7C9(C)c7ccccc7)-c7c(cc(-c9ccc(-c%10ccc(-c%11ccc%12c(c%11)C(C)(C)c%11cc(-c%13ccc%14c(c%13)C(C)(C)c%13ccccc%13-%14)ccc%11-%12)cc%10)cc9)c9ccccc79)C8(C)C)cc6)cc5)ccc3-4)cc21. The van der Waals surface area contributed by atoms with Crippen molar-refractivity contribution in [2.45, 2.75) is 128 Å². The van der Waals surface area contributed by atoms with Crippen molar-refractivity contribution >= 4 is 21.5 Å². The summed E-state index contributed by atoms with van der Waals surface area (Å²) in [6.45, 7) is 31.6. The Morgan fingerprint density at radius 2 is 0.331 bits per heavy atom. The van der Waals surface area contributed by atoms with Gasteiger partial charge in [-0.15, -0.1) is 0 Å². The molecule has 0 fully saturated rings. The van der Waals surface area contributed by atoms with E-state index < -0.39 is 5.41 Å². The standard InChI is InChI=1S/C130H100/c1-124(2)108-33-23-21-29-92(108)94-59-53-85(65-110(94)124)87-55-61-98-96-57-51-83(63-112(96)126(5,6)114(98)67-87)79-39-35-75(36-40-79)77-43-47-81(48-44-77)102-69-120-122(100-31-19-17-27-90(100)102)106-73-118-104(71-116(106)128(120,9)10)105-72-117-107(74-119(105)130(118,13)89-25-15-14-16-26-89)123-101-32-20-18-28-91(101)103(70-121(123)129(117,11)12)82-49-45-78(46-50-82)76-37-41-80(42-38-76)84-52-58-97-99-62-56-88(68-115(99)127(7,8)113(97)64-84)86-54-60-95-93-30-22-24-34-109(93)125(3,4)111(95)66-86/h14-74H,1-13H3. The highest BCUT2D eigenvalue weighted by molar-refractivity contribution is 6.12. The van der Waals surface area contributed by atoms with Crippen molar-refractivity contribution in [2.75, 3.05) is 0 Å². The molecule has 7 aliphatic rings. The van der Waals surface area contributed by atoms with Gasteiger partial charge in [-0.2, -0.15) is 0 Å². The van der Waals surface area contributed by atoms with Crippen LogP contribution >= 0.6 is 0 Å². The molecular weight excluding hydrogens is 1560 g/mol. The number of hydrogen-bond donors (Lipinski definition) is 0. The third kappa shape index (κ3) is 10.6. The quantitative estimate of drug-likeness (QED) is 0.135. The van der Waals surface area contributed by atoms with E-state index in [9.17, 15) is 0 Å². The van der Waals surface area contributed by atoms with Gasteiger partial charge in [-0.25, -0.2) is 0 Å². The van der Waals surface area contributed by atoms with E-state index in [0.29, 0.717) is 0 Å². The van der Waals surface area contributed by atoms with Gasteiger partial charge in [-0.05, 0) is 352 Å². The molecule has 7 aliphatic carbocycles. The molecule has 0 amide bonds. The Balaban J connectivity index is 0.478. The van der Waals surface area contributed by atoms with Crippen LogP contribution in [0.2, 0.25) is 0 Å². The summed E-state index contributed by atoms with van der Waals surface area (Å²) in [5.41, 5.74) is 58.2. The fraction of sp³-hybridized carbons (Fsp3) is 0.154. The molecule has 0 heterocycles. The molecule has 0 spiro atoms. The van der Waals surface area contributed by atoms with E-state index in [1.165, 1.54) is 272 Å². The van der Waals surface area contributed by atoms with Crippen molar-refractivity contribution in [2.24, 2.45) is 0 Å². The molecule has 0 heteroatoms. The van der Waals surface area contributed by atoms with Crippen molar-refractivity contribution in [1.82, 2.24) is 0 Å². The summed E-state index contributed by atoms with van der Waals surface area (Å²) in [6.07, 6.45) is 0. The molecule has 19 aromatic carbocycles. The summed E-state index contributed by atoms with van der Waals surface area (Å²) in [5, 5.41) is 5.16. The van der Waals surface area contributed by atoms with Crippen LogP contribution in [0.3, 0.4) is 0 Å². The highest BCUT2D eigenvalue weighted by Crippen LogP contribution is 2.65. The van der Waals surface area contributed by atoms with Crippen LogP contribution in [0.1, 0.15) is 173 Å². The Hall–Kier alpha value is -14.3. The van der Waals surface area contributed by atoms with Crippen LogP contribution in [0, 0.1) is 0 Å². The second-order valence-electron chi connectivity index (χ2n) is 41.9. The van der Waals surface area contributed by atoms with Crippen molar-refractivity contribution in [3.8, 4) is 167 Å². The molecule has 0 unspecified atom stereocenters. The molecule has 0 aliphatic heterocycles. The summed E-state index contributed by atoms with van der Waals surface area (Å²) in [4.78, 5) is 0. The highest BCUT2D eigenvalue weighted by atomic mass is 14.5.